The molecule has 2 rings (SSSR count). The van der Waals surface area contributed by atoms with Gasteiger partial charge in [0.1, 0.15) is 5.75 Å². The van der Waals surface area contributed by atoms with E-state index in [1.54, 1.807) is 0 Å². The van der Waals surface area contributed by atoms with E-state index in [9.17, 15) is 4.79 Å². The van der Waals surface area contributed by atoms with Crippen molar-refractivity contribution in [1.29, 1.82) is 0 Å². The van der Waals surface area contributed by atoms with Crippen LogP contribution in [-0.4, -0.2) is 6.09 Å². The zero-order chi connectivity index (χ0) is 37.0. The number of hydrogen-bond donors (Lipinski definition) is 1. The topological polar surface area (TPSA) is 38.3 Å². The molecule has 0 unspecified atom stereocenters. The molecule has 3 nitrogen and oxygen atoms in total. The van der Waals surface area contributed by atoms with Crippen molar-refractivity contribution in [1.82, 2.24) is 0 Å². The van der Waals surface area contributed by atoms with Crippen LogP contribution in [0.3, 0.4) is 0 Å². The first-order valence-electron chi connectivity index (χ1n) is 22.9. The predicted molar refractivity (Wildman–Crippen MR) is 229 cm³/mol. The molecule has 0 spiro atoms. The van der Waals surface area contributed by atoms with Crippen molar-refractivity contribution >= 4 is 11.8 Å². The first-order valence-corrected chi connectivity index (χ1v) is 22.9. The van der Waals surface area contributed by atoms with Gasteiger partial charge in [-0.3, -0.25) is 5.32 Å². The molecule has 2 aromatic carbocycles. The van der Waals surface area contributed by atoms with Crippen molar-refractivity contribution in [2.45, 2.75) is 232 Å². The van der Waals surface area contributed by atoms with Crippen LogP contribution in [0.1, 0.15) is 230 Å². The molecule has 296 valence electrons. The number of benzene rings is 2. The number of hydrogen-bond acceptors (Lipinski definition) is 2. The second kappa shape index (κ2) is 34.5. The molecule has 0 fully saturated rings. The Hall–Kier alpha value is -2.29. The van der Waals surface area contributed by atoms with Crippen molar-refractivity contribution in [3.63, 3.8) is 0 Å². The van der Waals surface area contributed by atoms with E-state index in [0.29, 0.717) is 0 Å². The van der Waals surface area contributed by atoms with Crippen LogP contribution in [0.4, 0.5) is 10.5 Å². The summed E-state index contributed by atoms with van der Waals surface area (Å²) in [5.41, 5.74) is 3.38. The van der Waals surface area contributed by atoms with E-state index in [2.05, 4.69) is 31.3 Å². The summed E-state index contributed by atoms with van der Waals surface area (Å²) >= 11 is 0. The number of nitrogens with one attached hydrogen (secondary N) is 1. The summed E-state index contributed by atoms with van der Waals surface area (Å²) in [7, 11) is 0. The Bertz CT molecular complexity index is 1070. The van der Waals surface area contributed by atoms with Gasteiger partial charge in [0.15, 0.2) is 0 Å². The molecule has 0 aliphatic rings. The average Bonchev–Trinajstić information content (AvgIpc) is 3.15. The summed E-state index contributed by atoms with van der Waals surface area (Å²) in [5, 5.41) is 2.90. The standard InChI is InChI=1S/C49H83NO2/c1-3-5-7-9-11-13-15-17-19-21-23-25-27-29-31-34-39-45-40-38-44-48(52-49(51)50-46-41-35-33-36-42-46)47(45)43-37-32-30-28-26-24-22-20-18-16-14-12-10-8-6-4-2/h33,35-36,38,40-42,44H,3-32,34,37,39,43H2,1-2H3,(H,50,51). The SMILES string of the molecule is CCCCCCCCCCCCCCCCCCc1cccc(OC(=O)Nc2ccccc2)c1CCCCCCCCCCCCCCCCCC. The molecular formula is C49H83NO2. The van der Waals surface area contributed by atoms with Gasteiger partial charge in [-0.05, 0) is 55.0 Å². The highest BCUT2D eigenvalue weighted by atomic mass is 16.6. The number of para-hydroxylation sites is 1. The van der Waals surface area contributed by atoms with Gasteiger partial charge in [-0.2, -0.15) is 0 Å². The number of rotatable bonds is 36. The van der Waals surface area contributed by atoms with Gasteiger partial charge in [0.2, 0.25) is 0 Å². The van der Waals surface area contributed by atoms with E-state index in [0.717, 1.165) is 30.7 Å². The van der Waals surface area contributed by atoms with Gasteiger partial charge < -0.3 is 4.74 Å². The van der Waals surface area contributed by atoms with Crippen molar-refractivity contribution in [2.75, 3.05) is 5.32 Å². The molecule has 0 heterocycles. The second-order valence-corrected chi connectivity index (χ2v) is 15.9. The third-order valence-electron chi connectivity index (χ3n) is 11.0. The van der Waals surface area contributed by atoms with Gasteiger partial charge in [-0.15, -0.1) is 0 Å². The fraction of sp³-hybridized carbons (Fsp3) is 0.735. The molecule has 0 radical (unpaired) electrons. The summed E-state index contributed by atoms with van der Waals surface area (Å²) in [4.78, 5) is 12.9. The molecule has 1 N–H and O–H groups in total. The Labute approximate surface area is 323 Å². The van der Waals surface area contributed by atoms with Crippen LogP contribution < -0.4 is 10.1 Å². The Morgan fingerprint density at radius 1 is 0.423 bits per heavy atom. The van der Waals surface area contributed by atoms with Crippen LogP contribution in [0.25, 0.3) is 0 Å². The van der Waals surface area contributed by atoms with Crippen molar-refractivity contribution in [2.24, 2.45) is 0 Å². The molecule has 0 atom stereocenters. The molecular weight excluding hydrogens is 635 g/mol. The number of anilines is 1. The van der Waals surface area contributed by atoms with Gasteiger partial charge in [0.05, 0.1) is 0 Å². The molecule has 0 aliphatic carbocycles. The minimum atomic E-state index is -0.404. The maximum atomic E-state index is 12.9. The minimum Gasteiger partial charge on any atom is -0.410 e. The normalized spacial score (nSPS) is 11.3. The first kappa shape index (κ1) is 45.9. The number of carbonyl (C=O) groups excluding carboxylic acids is 1. The van der Waals surface area contributed by atoms with E-state index >= 15 is 0 Å². The third kappa shape index (κ3) is 25.6. The highest BCUT2D eigenvalue weighted by Crippen LogP contribution is 2.28. The first-order chi connectivity index (χ1) is 25.7. The van der Waals surface area contributed by atoms with Crippen LogP contribution in [0.5, 0.6) is 5.75 Å². The van der Waals surface area contributed by atoms with Crippen LogP contribution in [0.2, 0.25) is 0 Å². The van der Waals surface area contributed by atoms with Crippen LogP contribution in [-0.2, 0) is 12.8 Å². The lowest BCUT2D eigenvalue weighted by molar-refractivity contribution is 0.214. The van der Waals surface area contributed by atoms with Crippen LogP contribution in [0, 0.1) is 0 Å². The lowest BCUT2D eigenvalue weighted by Crippen LogP contribution is -2.18. The quantitative estimate of drug-likeness (QED) is 0.0713. The molecule has 0 saturated heterocycles. The molecule has 0 aliphatic heterocycles. The molecule has 0 saturated carbocycles. The van der Waals surface area contributed by atoms with Crippen LogP contribution in [0.15, 0.2) is 48.5 Å². The molecule has 0 bridgehead atoms. The summed E-state index contributed by atoms with van der Waals surface area (Å²) in [6.07, 6.45) is 46.0. The molecule has 0 aromatic heterocycles. The minimum absolute atomic E-state index is 0.404. The molecule has 52 heavy (non-hydrogen) atoms. The van der Waals surface area contributed by atoms with Gasteiger partial charge in [-0.1, -0.05) is 237 Å². The van der Waals surface area contributed by atoms with Gasteiger partial charge in [0.25, 0.3) is 0 Å². The summed E-state index contributed by atoms with van der Waals surface area (Å²) < 4.78 is 5.95. The number of aryl methyl sites for hydroxylation is 1. The zero-order valence-corrected chi connectivity index (χ0v) is 34.5. The van der Waals surface area contributed by atoms with Crippen molar-refractivity contribution in [3.05, 3.63) is 59.7 Å². The van der Waals surface area contributed by atoms with Gasteiger partial charge in [-0.25, -0.2) is 4.79 Å². The second-order valence-electron chi connectivity index (χ2n) is 15.9. The van der Waals surface area contributed by atoms with Crippen molar-refractivity contribution in [3.8, 4) is 5.75 Å². The van der Waals surface area contributed by atoms with Crippen molar-refractivity contribution < 1.29 is 9.53 Å². The average molecular weight is 718 g/mol. The maximum Gasteiger partial charge on any atom is 0.417 e. The predicted octanol–water partition coefficient (Wildman–Crippen LogP) is 16.9. The van der Waals surface area contributed by atoms with E-state index < -0.39 is 6.09 Å². The third-order valence-corrected chi connectivity index (χ3v) is 11.0. The Morgan fingerprint density at radius 3 is 1.19 bits per heavy atom. The van der Waals surface area contributed by atoms with Crippen LogP contribution >= 0.6 is 0 Å². The van der Waals surface area contributed by atoms with E-state index in [-0.39, 0.29) is 0 Å². The Kier molecular flexibility index (Phi) is 30.4. The number of ether oxygens (including phenoxy) is 1. The number of carbonyl (C=O) groups is 1. The zero-order valence-electron chi connectivity index (χ0n) is 34.5. The molecule has 1 amide bonds. The number of amides is 1. The molecule has 2 aromatic rings. The van der Waals surface area contributed by atoms with Gasteiger partial charge >= 0.3 is 6.09 Å². The largest absolute Gasteiger partial charge is 0.417 e. The molecule has 3 heteroatoms. The number of unbranched alkanes of at least 4 members (excludes halogenated alkanes) is 30. The Balaban J connectivity index is 1.65. The smallest absolute Gasteiger partial charge is 0.410 e. The fourth-order valence-electron chi connectivity index (χ4n) is 7.70. The lowest BCUT2D eigenvalue weighted by Gasteiger charge is -2.15. The monoisotopic (exact) mass is 718 g/mol. The lowest BCUT2D eigenvalue weighted by atomic mass is 9.95. The highest BCUT2D eigenvalue weighted by molar-refractivity contribution is 5.86. The summed E-state index contributed by atoms with van der Waals surface area (Å²) in [5.74, 6) is 0.739. The Morgan fingerprint density at radius 2 is 0.788 bits per heavy atom. The summed E-state index contributed by atoms with van der Waals surface area (Å²) in [6.45, 7) is 4.59. The van der Waals surface area contributed by atoms with Gasteiger partial charge in [0, 0.05) is 5.69 Å². The fourth-order valence-corrected chi connectivity index (χ4v) is 7.70. The van der Waals surface area contributed by atoms with E-state index in [1.165, 1.54) is 210 Å². The summed E-state index contributed by atoms with van der Waals surface area (Å²) in [6, 6.07) is 15.9. The highest BCUT2D eigenvalue weighted by Gasteiger charge is 2.14. The maximum absolute atomic E-state index is 12.9. The van der Waals surface area contributed by atoms with E-state index in [1.807, 2.05) is 36.4 Å². The van der Waals surface area contributed by atoms with E-state index in [4.69, 9.17) is 4.74 Å².